The summed E-state index contributed by atoms with van der Waals surface area (Å²) >= 11 is 1.29. The maximum absolute atomic E-state index is 13.6. The molecule has 0 aliphatic heterocycles. The van der Waals surface area contributed by atoms with Crippen LogP contribution in [0.2, 0.25) is 0 Å². The van der Waals surface area contributed by atoms with Crippen LogP contribution in [0.5, 0.6) is 11.5 Å². The molecule has 0 saturated carbocycles. The summed E-state index contributed by atoms with van der Waals surface area (Å²) in [6, 6.07) is 10.1. The van der Waals surface area contributed by atoms with Crippen LogP contribution in [0.3, 0.4) is 0 Å². The summed E-state index contributed by atoms with van der Waals surface area (Å²) in [4.78, 5) is 21.9. The number of hydrogen-bond donors (Lipinski definition) is 0. The van der Waals surface area contributed by atoms with Crippen molar-refractivity contribution in [3.05, 3.63) is 42.0 Å². The van der Waals surface area contributed by atoms with Gasteiger partial charge in [0.25, 0.3) is 5.91 Å². The van der Waals surface area contributed by atoms with E-state index < -0.39 is 9.84 Å². The van der Waals surface area contributed by atoms with Crippen molar-refractivity contribution in [3.8, 4) is 11.5 Å². The van der Waals surface area contributed by atoms with Gasteiger partial charge in [-0.1, -0.05) is 17.4 Å². The van der Waals surface area contributed by atoms with Crippen molar-refractivity contribution in [1.82, 2.24) is 9.88 Å². The number of amides is 1. The molecule has 0 N–H and O–H groups in total. The minimum absolute atomic E-state index is 0. The number of fused-ring (bicyclic) bond motifs is 1. The Morgan fingerprint density at radius 1 is 1.03 bits per heavy atom. The summed E-state index contributed by atoms with van der Waals surface area (Å²) in [5.41, 5.74) is 0.813. The van der Waals surface area contributed by atoms with Gasteiger partial charge in [0.1, 0.15) is 5.52 Å². The number of halogens is 1. The van der Waals surface area contributed by atoms with E-state index in [0.717, 1.165) is 6.26 Å². The lowest BCUT2D eigenvalue weighted by atomic mass is 10.1. The summed E-state index contributed by atoms with van der Waals surface area (Å²) in [5.74, 6) is 0.829. The van der Waals surface area contributed by atoms with Crippen molar-refractivity contribution in [2.75, 3.05) is 51.6 Å². The molecule has 1 amide bonds. The number of sulfone groups is 1. The molecule has 0 fully saturated rings. The molecule has 0 saturated heterocycles. The molecule has 0 bridgehead atoms. The first-order chi connectivity index (χ1) is 15.7. The second-order valence-electron chi connectivity index (χ2n) is 7.66. The SMILES string of the molecule is CCOc1ccc(C(=O)N(CCN(C)C)c2nc3c(S(C)(=O)=O)cccc3s2)cc1OCC.Cl. The quantitative estimate of drug-likeness (QED) is 0.391. The van der Waals surface area contributed by atoms with Crippen LogP contribution in [0.15, 0.2) is 41.3 Å². The number of carbonyl (C=O) groups is 1. The lowest BCUT2D eigenvalue weighted by molar-refractivity contribution is 0.0984. The molecule has 1 heterocycles. The Hall–Kier alpha value is -2.40. The molecule has 0 atom stereocenters. The van der Waals surface area contributed by atoms with Gasteiger partial charge in [0.15, 0.2) is 26.5 Å². The van der Waals surface area contributed by atoms with Crippen LogP contribution >= 0.6 is 23.7 Å². The third-order valence-corrected chi connectivity index (χ3v) is 6.98. The maximum Gasteiger partial charge on any atom is 0.260 e. The zero-order valence-corrected chi connectivity index (χ0v) is 22.3. The van der Waals surface area contributed by atoms with Crippen molar-refractivity contribution in [2.24, 2.45) is 0 Å². The average molecular weight is 528 g/mol. The van der Waals surface area contributed by atoms with Crippen LogP contribution in [0.4, 0.5) is 5.13 Å². The van der Waals surface area contributed by atoms with E-state index in [4.69, 9.17) is 9.47 Å². The minimum atomic E-state index is -3.46. The highest BCUT2D eigenvalue weighted by molar-refractivity contribution is 7.91. The van der Waals surface area contributed by atoms with E-state index in [0.29, 0.717) is 58.7 Å². The van der Waals surface area contributed by atoms with Crippen molar-refractivity contribution >= 4 is 54.8 Å². The molecule has 0 aliphatic rings. The van der Waals surface area contributed by atoms with Crippen LogP contribution in [0, 0.1) is 0 Å². The lowest BCUT2D eigenvalue weighted by Crippen LogP contribution is -2.36. The predicted molar refractivity (Wildman–Crippen MR) is 139 cm³/mol. The summed E-state index contributed by atoms with van der Waals surface area (Å²) in [5, 5.41) is 0.444. The van der Waals surface area contributed by atoms with E-state index in [1.807, 2.05) is 38.9 Å². The van der Waals surface area contributed by atoms with Crippen LogP contribution in [0.25, 0.3) is 10.2 Å². The highest BCUT2D eigenvalue weighted by Crippen LogP contribution is 2.34. The number of likely N-dealkylation sites (N-methyl/N-ethyl adjacent to an activating group) is 1. The Balaban J connectivity index is 0.00000408. The highest BCUT2D eigenvalue weighted by atomic mass is 35.5. The van der Waals surface area contributed by atoms with Crippen molar-refractivity contribution < 1.29 is 22.7 Å². The summed E-state index contributed by atoms with van der Waals surface area (Å²) < 4.78 is 36.5. The van der Waals surface area contributed by atoms with E-state index in [1.165, 1.54) is 17.4 Å². The number of ether oxygens (including phenoxy) is 2. The molecule has 11 heteroatoms. The minimum Gasteiger partial charge on any atom is -0.490 e. The first kappa shape index (κ1) is 27.8. The normalized spacial score (nSPS) is 11.4. The second kappa shape index (κ2) is 11.8. The van der Waals surface area contributed by atoms with Gasteiger partial charge in [-0.15, -0.1) is 12.4 Å². The standard InChI is InChI=1S/C23H29N3O5S2.ClH/c1-6-30-17-12-11-16(15-18(17)31-7-2)22(27)26(14-13-25(3)4)23-24-21-19(32-23)9-8-10-20(21)33(5,28)29;/h8-12,15H,6-7,13-14H2,1-5H3;1H. The van der Waals surface area contributed by atoms with E-state index >= 15 is 0 Å². The summed E-state index contributed by atoms with van der Waals surface area (Å²) in [6.45, 7) is 5.67. The van der Waals surface area contributed by atoms with Crippen LogP contribution in [-0.4, -0.2) is 70.9 Å². The third-order valence-electron chi connectivity index (χ3n) is 4.81. The molecule has 0 spiro atoms. The fourth-order valence-corrected chi connectivity index (χ4v) is 5.16. The monoisotopic (exact) mass is 527 g/mol. The van der Waals surface area contributed by atoms with Crippen LogP contribution in [0.1, 0.15) is 24.2 Å². The number of thiazole rings is 1. The Morgan fingerprint density at radius 2 is 1.71 bits per heavy atom. The third kappa shape index (κ3) is 6.38. The Morgan fingerprint density at radius 3 is 2.32 bits per heavy atom. The van der Waals surface area contributed by atoms with Gasteiger partial charge in [-0.05, 0) is 58.3 Å². The maximum atomic E-state index is 13.6. The molecular formula is C23H30ClN3O5S2. The molecule has 3 rings (SSSR count). The number of anilines is 1. The van der Waals surface area contributed by atoms with Crippen molar-refractivity contribution in [1.29, 1.82) is 0 Å². The van der Waals surface area contributed by atoms with Gasteiger partial charge in [0.2, 0.25) is 0 Å². The first-order valence-corrected chi connectivity index (χ1v) is 13.3. The number of para-hydroxylation sites is 1. The molecular weight excluding hydrogens is 498 g/mol. The molecule has 0 aliphatic carbocycles. The molecule has 0 unspecified atom stereocenters. The fourth-order valence-electron chi connectivity index (χ4n) is 3.25. The molecule has 0 radical (unpaired) electrons. The molecule has 186 valence electrons. The molecule has 1 aromatic heterocycles. The number of benzene rings is 2. The van der Waals surface area contributed by atoms with Gasteiger partial charge in [-0.2, -0.15) is 0 Å². The zero-order valence-electron chi connectivity index (χ0n) is 19.9. The number of hydrogen-bond acceptors (Lipinski definition) is 8. The van der Waals surface area contributed by atoms with Gasteiger partial charge in [-0.3, -0.25) is 9.69 Å². The average Bonchev–Trinajstić information content (AvgIpc) is 3.18. The zero-order chi connectivity index (χ0) is 24.2. The van der Waals surface area contributed by atoms with Gasteiger partial charge < -0.3 is 14.4 Å². The topological polar surface area (TPSA) is 89.0 Å². The van der Waals surface area contributed by atoms with E-state index in [-0.39, 0.29) is 23.2 Å². The van der Waals surface area contributed by atoms with Crippen LogP contribution < -0.4 is 14.4 Å². The van der Waals surface area contributed by atoms with E-state index in [2.05, 4.69) is 4.98 Å². The number of carbonyl (C=O) groups excluding carboxylic acids is 1. The lowest BCUT2D eigenvalue weighted by Gasteiger charge is -2.22. The molecule has 34 heavy (non-hydrogen) atoms. The number of rotatable bonds is 10. The smallest absolute Gasteiger partial charge is 0.260 e. The first-order valence-electron chi connectivity index (χ1n) is 10.6. The van der Waals surface area contributed by atoms with Crippen LogP contribution in [-0.2, 0) is 9.84 Å². The molecule has 3 aromatic rings. The summed E-state index contributed by atoms with van der Waals surface area (Å²) in [7, 11) is 0.387. The Kier molecular flexibility index (Phi) is 9.69. The fraction of sp³-hybridized carbons (Fsp3) is 0.391. The molecule has 2 aromatic carbocycles. The summed E-state index contributed by atoms with van der Waals surface area (Å²) in [6.07, 6.45) is 1.16. The number of nitrogens with zero attached hydrogens (tertiary/aromatic N) is 3. The molecule has 8 nitrogen and oxygen atoms in total. The van der Waals surface area contributed by atoms with Gasteiger partial charge >= 0.3 is 0 Å². The van der Waals surface area contributed by atoms with Gasteiger partial charge in [-0.25, -0.2) is 13.4 Å². The van der Waals surface area contributed by atoms with Gasteiger partial charge in [0.05, 0.1) is 22.8 Å². The second-order valence-corrected chi connectivity index (χ2v) is 10.7. The predicted octanol–water partition coefficient (Wildman–Crippen LogP) is 4.13. The largest absolute Gasteiger partial charge is 0.490 e. The van der Waals surface area contributed by atoms with Crippen molar-refractivity contribution in [3.63, 3.8) is 0 Å². The Bertz CT molecular complexity index is 1240. The van der Waals surface area contributed by atoms with E-state index in [1.54, 1.807) is 29.2 Å². The van der Waals surface area contributed by atoms with Crippen molar-refractivity contribution in [2.45, 2.75) is 18.7 Å². The number of aromatic nitrogens is 1. The Labute approximate surface area is 210 Å². The van der Waals surface area contributed by atoms with E-state index in [9.17, 15) is 13.2 Å². The highest BCUT2D eigenvalue weighted by Gasteiger charge is 2.24. The van der Waals surface area contributed by atoms with Gasteiger partial charge in [0, 0.05) is 24.9 Å².